The van der Waals surface area contributed by atoms with Crippen LogP contribution in [0, 0.1) is 0 Å². The second-order valence-corrected chi connectivity index (χ2v) is 3.95. The molecular weight excluding hydrogens is 246 g/mol. The molecule has 0 atom stereocenters. The van der Waals surface area contributed by atoms with Gasteiger partial charge in [0.1, 0.15) is 0 Å². The third-order valence-electron chi connectivity index (χ3n) is 2.29. The summed E-state index contributed by atoms with van der Waals surface area (Å²) >= 11 is 0. The smallest absolute Gasteiger partial charge is 0.239 e. The average molecular weight is 265 g/mol. The third-order valence-corrected chi connectivity index (χ3v) is 2.29. The van der Waals surface area contributed by atoms with Gasteiger partial charge >= 0.3 is 0 Å². The summed E-state index contributed by atoms with van der Waals surface area (Å²) in [6.07, 6.45) is 0. The number of rotatable bonds is 7. The predicted molar refractivity (Wildman–Crippen MR) is 74.1 cm³/mol. The summed E-state index contributed by atoms with van der Waals surface area (Å²) in [5.74, 6) is -0.207. The Morgan fingerprint density at radius 1 is 1.16 bits per heavy atom. The Balaban J connectivity index is 2.33. The van der Waals surface area contributed by atoms with E-state index in [2.05, 4.69) is 16.0 Å². The number of ether oxygens (including phenoxy) is 1. The van der Waals surface area contributed by atoms with Crippen molar-refractivity contribution >= 4 is 23.2 Å². The Labute approximate surface area is 112 Å². The maximum absolute atomic E-state index is 11.4. The van der Waals surface area contributed by atoms with Gasteiger partial charge in [-0.05, 0) is 24.3 Å². The number of nitrogens with one attached hydrogen (secondary N) is 3. The van der Waals surface area contributed by atoms with E-state index in [0.29, 0.717) is 13.2 Å². The first kappa shape index (κ1) is 15.0. The first-order chi connectivity index (χ1) is 9.11. The van der Waals surface area contributed by atoms with Crippen LogP contribution in [0.5, 0.6) is 0 Å². The fraction of sp³-hybridized carbons (Fsp3) is 0.385. The zero-order valence-corrected chi connectivity index (χ0v) is 11.2. The molecule has 104 valence electrons. The monoisotopic (exact) mass is 265 g/mol. The lowest BCUT2D eigenvalue weighted by atomic mass is 10.2. The van der Waals surface area contributed by atoms with Crippen molar-refractivity contribution in [1.82, 2.24) is 5.32 Å². The largest absolute Gasteiger partial charge is 0.383 e. The number of hydrogen-bond donors (Lipinski definition) is 3. The highest BCUT2D eigenvalue weighted by molar-refractivity contribution is 5.88. The minimum Gasteiger partial charge on any atom is -0.383 e. The molecular formula is C13H19N3O3. The van der Waals surface area contributed by atoms with E-state index in [1.807, 2.05) is 0 Å². The highest BCUT2D eigenvalue weighted by atomic mass is 16.5. The zero-order valence-electron chi connectivity index (χ0n) is 11.2. The molecule has 0 spiro atoms. The molecule has 1 aromatic rings. The maximum Gasteiger partial charge on any atom is 0.239 e. The molecule has 0 saturated carbocycles. The van der Waals surface area contributed by atoms with Crippen LogP contribution in [0.1, 0.15) is 6.92 Å². The maximum atomic E-state index is 11.4. The quantitative estimate of drug-likeness (QED) is 0.638. The molecule has 19 heavy (non-hydrogen) atoms. The van der Waals surface area contributed by atoms with E-state index in [1.165, 1.54) is 6.92 Å². The van der Waals surface area contributed by atoms with Crippen molar-refractivity contribution in [3.8, 4) is 0 Å². The summed E-state index contributed by atoms with van der Waals surface area (Å²) < 4.78 is 4.83. The van der Waals surface area contributed by atoms with Gasteiger partial charge in [0.2, 0.25) is 11.8 Å². The Morgan fingerprint density at radius 3 is 2.37 bits per heavy atom. The predicted octanol–water partition coefficient (Wildman–Crippen LogP) is 0.819. The third kappa shape index (κ3) is 6.42. The molecule has 6 heteroatoms. The van der Waals surface area contributed by atoms with Gasteiger partial charge in [-0.2, -0.15) is 0 Å². The number of benzene rings is 1. The molecule has 1 rings (SSSR count). The highest BCUT2D eigenvalue weighted by Crippen LogP contribution is 2.12. The molecule has 2 amide bonds. The zero-order chi connectivity index (χ0) is 14.1. The topological polar surface area (TPSA) is 79.5 Å². The van der Waals surface area contributed by atoms with E-state index in [0.717, 1.165) is 11.4 Å². The highest BCUT2D eigenvalue weighted by Gasteiger charge is 2.00. The van der Waals surface area contributed by atoms with Gasteiger partial charge in [-0.25, -0.2) is 0 Å². The van der Waals surface area contributed by atoms with Crippen LogP contribution in [0.25, 0.3) is 0 Å². The van der Waals surface area contributed by atoms with Gasteiger partial charge in [-0.15, -0.1) is 0 Å². The van der Waals surface area contributed by atoms with Crippen molar-refractivity contribution in [3.05, 3.63) is 24.3 Å². The summed E-state index contributed by atoms with van der Waals surface area (Å²) in [7, 11) is 1.58. The minimum absolute atomic E-state index is 0.0945. The molecule has 0 radical (unpaired) electrons. The lowest BCUT2D eigenvalue weighted by Crippen LogP contribution is -2.32. The Kier molecular flexibility index (Phi) is 6.38. The first-order valence-electron chi connectivity index (χ1n) is 5.99. The number of carbonyl (C=O) groups is 2. The molecule has 0 unspecified atom stereocenters. The second kappa shape index (κ2) is 8.10. The minimum atomic E-state index is -0.113. The standard InChI is InChI=1S/C13H19N3O3/c1-10(17)16-12-5-3-11(4-6-12)15-9-13(18)14-7-8-19-2/h3-6,15H,7-9H2,1-2H3,(H,14,18)(H,16,17). The fourth-order valence-corrected chi connectivity index (χ4v) is 1.41. The van der Waals surface area contributed by atoms with Crippen LogP contribution in [0.3, 0.4) is 0 Å². The summed E-state index contributed by atoms with van der Waals surface area (Å²) in [5.41, 5.74) is 1.54. The van der Waals surface area contributed by atoms with Crippen molar-refractivity contribution in [3.63, 3.8) is 0 Å². The van der Waals surface area contributed by atoms with Crippen LogP contribution in [0.15, 0.2) is 24.3 Å². The number of anilines is 2. The molecule has 0 saturated heterocycles. The number of amides is 2. The van der Waals surface area contributed by atoms with Gasteiger partial charge in [0, 0.05) is 32.0 Å². The van der Waals surface area contributed by atoms with Gasteiger partial charge in [-0.1, -0.05) is 0 Å². The van der Waals surface area contributed by atoms with E-state index in [1.54, 1.807) is 31.4 Å². The van der Waals surface area contributed by atoms with Crippen molar-refractivity contribution < 1.29 is 14.3 Å². The van der Waals surface area contributed by atoms with Crippen molar-refractivity contribution in [2.75, 3.05) is 37.4 Å². The van der Waals surface area contributed by atoms with Gasteiger partial charge in [-0.3, -0.25) is 9.59 Å². The molecule has 6 nitrogen and oxygen atoms in total. The normalized spacial score (nSPS) is 9.79. The number of methoxy groups -OCH3 is 1. The van der Waals surface area contributed by atoms with Crippen LogP contribution in [-0.4, -0.2) is 38.6 Å². The van der Waals surface area contributed by atoms with E-state index in [9.17, 15) is 9.59 Å². The second-order valence-electron chi connectivity index (χ2n) is 3.95. The molecule has 0 heterocycles. The molecule has 0 aliphatic rings. The molecule has 1 aromatic carbocycles. The molecule has 0 fully saturated rings. The lowest BCUT2D eigenvalue weighted by molar-refractivity contribution is -0.119. The number of carbonyl (C=O) groups excluding carboxylic acids is 2. The van der Waals surface area contributed by atoms with Crippen LogP contribution in [0.2, 0.25) is 0 Å². The Morgan fingerprint density at radius 2 is 1.79 bits per heavy atom. The van der Waals surface area contributed by atoms with Gasteiger partial charge in [0.15, 0.2) is 0 Å². The van der Waals surface area contributed by atoms with Gasteiger partial charge < -0.3 is 20.7 Å². The molecule has 0 aliphatic carbocycles. The molecule has 0 bridgehead atoms. The van der Waals surface area contributed by atoms with E-state index in [4.69, 9.17) is 4.74 Å². The van der Waals surface area contributed by atoms with Crippen LogP contribution < -0.4 is 16.0 Å². The van der Waals surface area contributed by atoms with Crippen LogP contribution >= 0.6 is 0 Å². The van der Waals surface area contributed by atoms with Crippen molar-refractivity contribution in [2.45, 2.75) is 6.92 Å². The average Bonchev–Trinajstić information content (AvgIpc) is 2.37. The summed E-state index contributed by atoms with van der Waals surface area (Å²) in [5, 5.41) is 8.37. The summed E-state index contributed by atoms with van der Waals surface area (Å²) in [6, 6.07) is 7.14. The van der Waals surface area contributed by atoms with E-state index < -0.39 is 0 Å². The molecule has 0 aromatic heterocycles. The fourth-order valence-electron chi connectivity index (χ4n) is 1.41. The lowest BCUT2D eigenvalue weighted by Gasteiger charge is -2.08. The first-order valence-corrected chi connectivity index (χ1v) is 5.99. The van der Waals surface area contributed by atoms with Crippen LogP contribution in [0.4, 0.5) is 11.4 Å². The molecule has 3 N–H and O–H groups in total. The Bertz CT molecular complexity index is 418. The molecule has 0 aliphatic heterocycles. The SMILES string of the molecule is COCCNC(=O)CNc1ccc(NC(C)=O)cc1. The van der Waals surface area contributed by atoms with E-state index >= 15 is 0 Å². The summed E-state index contributed by atoms with van der Waals surface area (Å²) in [6.45, 7) is 2.65. The van der Waals surface area contributed by atoms with Crippen LogP contribution in [-0.2, 0) is 14.3 Å². The van der Waals surface area contributed by atoms with E-state index in [-0.39, 0.29) is 18.4 Å². The van der Waals surface area contributed by atoms with Crippen molar-refractivity contribution in [1.29, 1.82) is 0 Å². The van der Waals surface area contributed by atoms with Gasteiger partial charge in [0.05, 0.1) is 13.2 Å². The number of hydrogen-bond acceptors (Lipinski definition) is 4. The Hall–Kier alpha value is -2.08. The van der Waals surface area contributed by atoms with Crippen molar-refractivity contribution in [2.24, 2.45) is 0 Å². The van der Waals surface area contributed by atoms with Gasteiger partial charge in [0.25, 0.3) is 0 Å². The summed E-state index contributed by atoms with van der Waals surface area (Å²) in [4.78, 5) is 22.3.